The Morgan fingerprint density at radius 2 is 1.94 bits per heavy atom. The zero-order chi connectivity index (χ0) is 23.7. The fourth-order valence-corrected chi connectivity index (χ4v) is 4.14. The molecule has 33 heavy (non-hydrogen) atoms. The van der Waals surface area contributed by atoms with Gasteiger partial charge in [-0.1, -0.05) is 0 Å². The maximum absolute atomic E-state index is 13.4. The van der Waals surface area contributed by atoms with Crippen molar-refractivity contribution in [3.05, 3.63) is 59.2 Å². The van der Waals surface area contributed by atoms with E-state index in [1.807, 2.05) is 0 Å². The minimum atomic E-state index is -1.14. The topological polar surface area (TPSA) is 105 Å². The highest BCUT2D eigenvalue weighted by molar-refractivity contribution is 6.05. The number of nitrogens with zero attached hydrogens (tertiary/aromatic N) is 1. The smallest absolute Gasteiger partial charge is 0.305 e. The number of anilines is 1. The third-order valence-electron chi connectivity index (χ3n) is 5.85. The number of fused-ring (bicyclic) bond motifs is 2. The Bertz CT molecular complexity index is 1110. The molecule has 8 nitrogen and oxygen atoms in total. The summed E-state index contributed by atoms with van der Waals surface area (Å²) in [6.07, 6.45) is 0.0400. The highest BCUT2D eigenvalue weighted by Gasteiger charge is 2.39. The average Bonchev–Trinajstić information content (AvgIpc) is 2.78. The van der Waals surface area contributed by atoms with Gasteiger partial charge in [-0.25, -0.2) is 8.78 Å². The van der Waals surface area contributed by atoms with Gasteiger partial charge in [-0.3, -0.25) is 14.4 Å². The first kappa shape index (κ1) is 22.7. The SMILES string of the molecule is CN1C(=O)c2cc(NC(=O)c3ccc(F)c(F)c3)ccc2OC[C@@H]2O[C@@H](CC(=O)O)CC[C@H]21. The molecule has 10 heteroatoms. The molecule has 0 spiro atoms. The first-order chi connectivity index (χ1) is 15.7. The van der Waals surface area contributed by atoms with Crippen LogP contribution < -0.4 is 10.1 Å². The van der Waals surface area contributed by atoms with E-state index >= 15 is 0 Å². The molecule has 0 aromatic heterocycles. The number of rotatable bonds is 4. The summed E-state index contributed by atoms with van der Waals surface area (Å²) in [5, 5.41) is 11.6. The molecule has 0 saturated carbocycles. The van der Waals surface area contributed by atoms with Crippen molar-refractivity contribution in [3.63, 3.8) is 0 Å². The van der Waals surface area contributed by atoms with Crippen LogP contribution in [-0.2, 0) is 9.53 Å². The number of nitrogens with one attached hydrogen (secondary N) is 1. The number of carboxylic acids is 1. The van der Waals surface area contributed by atoms with Crippen molar-refractivity contribution in [1.29, 1.82) is 0 Å². The van der Waals surface area contributed by atoms with E-state index in [1.165, 1.54) is 18.2 Å². The van der Waals surface area contributed by atoms with Crippen molar-refractivity contribution in [2.45, 2.75) is 37.5 Å². The second kappa shape index (κ2) is 9.14. The van der Waals surface area contributed by atoms with Gasteiger partial charge in [0.1, 0.15) is 18.5 Å². The maximum atomic E-state index is 13.4. The first-order valence-electron chi connectivity index (χ1n) is 10.4. The molecule has 0 radical (unpaired) electrons. The minimum absolute atomic E-state index is 0.0709. The highest BCUT2D eigenvalue weighted by Crippen LogP contribution is 2.32. The summed E-state index contributed by atoms with van der Waals surface area (Å²) in [6.45, 7) is 0.131. The van der Waals surface area contributed by atoms with Gasteiger partial charge in [0, 0.05) is 18.3 Å². The number of benzene rings is 2. The second-order valence-electron chi connectivity index (χ2n) is 8.06. The lowest BCUT2D eigenvalue weighted by atomic mass is 9.94. The minimum Gasteiger partial charge on any atom is -0.490 e. The van der Waals surface area contributed by atoms with E-state index in [-0.39, 0.29) is 41.8 Å². The van der Waals surface area contributed by atoms with Crippen molar-refractivity contribution < 1.29 is 37.7 Å². The Kier molecular flexibility index (Phi) is 6.28. The quantitative estimate of drug-likeness (QED) is 0.727. The first-order valence-corrected chi connectivity index (χ1v) is 10.4. The number of amides is 2. The summed E-state index contributed by atoms with van der Waals surface area (Å²) in [4.78, 5) is 38.2. The monoisotopic (exact) mass is 460 g/mol. The zero-order valence-corrected chi connectivity index (χ0v) is 17.7. The lowest BCUT2D eigenvalue weighted by molar-refractivity contribution is -0.148. The van der Waals surface area contributed by atoms with Gasteiger partial charge < -0.3 is 24.8 Å². The van der Waals surface area contributed by atoms with Crippen molar-refractivity contribution in [1.82, 2.24) is 4.90 Å². The fraction of sp³-hybridized carbons (Fsp3) is 0.348. The van der Waals surface area contributed by atoms with Crippen LogP contribution in [0.4, 0.5) is 14.5 Å². The van der Waals surface area contributed by atoms with Gasteiger partial charge in [0.05, 0.1) is 24.1 Å². The molecule has 1 fully saturated rings. The lowest BCUT2D eigenvalue weighted by Crippen LogP contribution is -2.53. The molecular formula is C23H22F2N2O6. The Morgan fingerprint density at radius 3 is 2.67 bits per heavy atom. The lowest BCUT2D eigenvalue weighted by Gasteiger charge is -2.42. The van der Waals surface area contributed by atoms with Gasteiger partial charge in [0.15, 0.2) is 11.6 Å². The van der Waals surface area contributed by atoms with Crippen molar-refractivity contribution in [2.75, 3.05) is 19.0 Å². The van der Waals surface area contributed by atoms with E-state index in [9.17, 15) is 23.2 Å². The van der Waals surface area contributed by atoms with E-state index in [0.29, 0.717) is 18.6 Å². The van der Waals surface area contributed by atoms with Crippen molar-refractivity contribution in [3.8, 4) is 5.75 Å². The number of likely N-dealkylation sites (N-methyl/N-ethyl adjacent to an activating group) is 1. The summed E-state index contributed by atoms with van der Waals surface area (Å²) >= 11 is 0. The third kappa shape index (κ3) is 4.80. The summed E-state index contributed by atoms with van der Waals surface area (Å²) < 4.78 is 38.3. The molecule has 4 rings (SSSR count). The molecule has 0 aliphatic carbocycles. The number of ether oxygens (including phenoxy) is 2. The van der Waals surface area contributed by atoms with Gasteiger partial charge in [-0.05, 0) is 49.2 Å². The highest BCUT2D eigenvalue weighted by atomic mass is 19.2. The fourth-order valence-electron chi connectivity index (χ4n) is 4.14. The average molecular weight is 460 g/mol. The van der Waals surface area contributed by atoms with E-state index in [2.05, 4.69) is 5.32 Å². The standard InChI is InChI=1S/C23H22F2N2O6/c1-27-18-6-4-14(10-21(28)29)33-20(18)11-32-19-7-3-13(9-15(19)23(27)31)26-22(30)12-2-5-16(24)17(25)8-12/h2-3,5,7-9,14,18,20H,4,6,10-11H2,1H3,(H,26,30)(H,28,29)/t14-,18-,20+/m1/s1. The van der Waals surface area contributed by atoms with Crippen LogP contribution in [0.1, 0.15) is 40.0 Å². The van der Waals surface area contributed by atoms with Crippen LogP contribution in [-0.4, -0.2) is 59.7 Å². The van der Waals surface area contributed by atoms with Crippen LogP contribution in [0.25, 0.3) is 0 Å². The molecule has 2 N–H and O–H groups in total. The molecule has 2 amide bonds. The van der Waals surface area contributed by atoms with Gasteiger partial charge in [-0.2, -0.15) is 0 Å². The summed E-state index contributed by atoms with van der Waals surface area (Å²) in [7, 11) is 1.64. The van der Waals surface area contributed by atoms with Gasteiger partial charge in [0.25, 0.3) is 11.8 Å². The predicted molar refractivity (Wildman–Crippen MR) is 112 cm³/mol. The maximum Gasteiger partial charge on any atom is 0.305 e. The Morgan fingerprint density at radius 1 is 1.15 bits per heavy atom. The van der Waals surface area contributed by atoms with Gasteiger partial charge in [0.2, 0.25) is 0 Å². The number of hydrogen-bond acceptors (Lipinski definition) is 5. The van der Waals surface area contributed by atoms with Crippen LogP contribution in [0.3, 0.4) is 0 Å². The molecule has 2 aliphatic heterocycles. The van der Waals surface area contributed by atoms with Crippen molar-refractivity contribution >= 4 is 23.5 Å². The molecule has 1 saturated heterocycles. The predicted octanol–water partition coefficient (Wildman–Crippen LogP) is 3.07. The molecule has 2 heterocycles. The van der Waals surface area contributed by atoms with Crippen LogP contribution in [0, 0.1) is 11.6 Å². The van der Waals surface area contributed by atoms with E-state index in [4.69, 9.17) is 14.6 Å². The van der Waals surface area contributed by atoms with Gasteiger partial charge >= 0.3 is 5.97 Å². The van der Waals surface area contributed by atoms with Gasteiger partial charge in [-0.15, -0.1) is 0 Å². The number of carboxylic acid groups (broad SMARTS) is 1. The number of carbonyl (C=O) groups excluding carboxylic acids is 2. The summed E-state index contributed by atoms with van der Waals surface area (Å²) in [6, 6.07) is 7.03. The van der Waals surface area contributed by atoms with E-state index in [1.54, 1.807) is 11.9 Å². The molecule has 2 aromatic rings. The number of halogens is 2. The van der Waals surface area contributed by atoms with E-state index in [0.717, 1.165) is 18.2 Å². The zero-order valence-electron chi connectivity index (χ0n) is 17.7. The molecule has 0 bridgehead atoms. The summed E-state index contributed by atoms with van der Waals surface area (Å²) in [5.41, 5.74) is 0.442. The Balaban J connectivity index is 1.53. The number of aliphatic carboxylic acids is 1. The van der Waals surface area contributed by atoms with Crippen LogP contribution in [0.2, 0.25) is 0 Å². The molecular weight excluding hydrogens is 438 g/mol. The normalized spacial score (nSPS) is 22.3. The van der Waals surface area contributed by atoms with Crippen LogP contribution in [0.15, 0.2) is 36.4 Å². The third-order valence-corrected chi connectivity index (χ3v) is 5.85. The molecule has 2 aromatic carbocycles. The van der Waals surface area contributed by atoms with Crippen LogP contribution in [0.5, 0.6) is 5.75 Å². The van der Waals surface area contributed by atoms with E-state index < -0.39 is 35.7 Å². The van der Waals surface area contributed by atoms with Crippen LogP contribution >= 0.6 is 0 Å². The Hall–Kier alpha value is -3.53. The molecule has 174 valence electrons. The van der Waals surface area contributed by atoms with Crippen molar-refractivity contribution in [2.24, 2.45) is 0 Å². The largest absolute Gasteiger partial charge is 0.490 e. The molecule has 3 atom stereocenters. The molecule has 2 aliphatic rings. The number of carbonyl (C=O) groups is 3. The summed E-state index contributed by atoms with van der Waals surface area (Å²) in [5.74, 6) is -3.85. The Labute approximate surface area is 188 Å². The number of hydrogen-bond donors (Lipinski definition) is 2. The second-order valence-corrected chi connectivity index (χ2v) is 8.06. The molecule has 0 unspecified atom stereocenters.